The van der Waals surface area contributed by atoms with E-state index < -0.39 is 5.97 Å². The number of benzene rings is 3. The topological polar surface area (TPSA) is 46.6 Å². The van der Waals surface area contributed by atoms with Crippen LogP contribution in [-0.4, -0.2) is 11.9 Å². The summed E-state index contributed by atoms with van der Waals surface area (Å²) in [5.74, 6) is -0.886. The second-order valence-electron chi connectivity index (χ2n) is 5.06. The van der Waals surface area contributed by atoms with Crippen LogP contribution in [0.1, 0.15) is 13.8 Å². The van der Waals surface area contributed by atoms with Gasteiger partial charge in [-0.3, -0.25) is 4.79 Å². The van der Waals surface area contributed by atoms with E-state index in [4.69, 9.17) is 4.84 Å². The second-order valence-corrected chi connectivity index (χ2v) is 5.06. The van der Waals surface area contributed by atoms with Gasteiger partial charge in [0.05, 0.1) is 5.69 Å². The van der Waals surface area contributed by atoms with Gasteiger partial charge in [-0.15, -0.1) is 5.06 Å². The van der Waals surface area contributed by atoms with Crippen LogP contribution < -0.4 is 5.06 Å². The van der Waals surface area contributed by atoms with E-state index in [1.54, 1.807) is 6.07 Å². The first-order chi connectivity index (χ1) is 10.6. The molecule has 4 heteroatoms. The summed E-state index contributed by atoms with van der Waals surface area (Å²) in [6.07, 6.45) is 0. The van der Waals surface area contributed by atoms with Crippen molar-refractivity contribution in [3.05, 3.63) is 54.6 Å². The molecule has 0 N–H and O–H groups in total. The molecule has 0 atom stereocenters. The van der Waals surface area contributed by atoms with Gasteiger partial charge in [-0.05, 0) is 22.2 Å². The number of hydroxylamine groups is 1. The van der Waals surface area contributed by atoms with Crippen molar-refractivity contribution < 1.29 is 14.4 Å². The van der Waals surface area contributed by atoms with Crippen LogP contribution in [0.3, 0.4) is 0 Å². The monoisotopic (exact) mass is 293 g/mol. The summed E-state index contributed by atoms with van der Waals surface area (Å²) < 4.78 is 0. The van der Waals surface area contributed by atoms with Crippen LogP contribution in [0, 0.1) is 0 Å². The molecule has 110 valence electrons. The fraction of sp³-hybridized carbons (Fsp3) is 0.111. The van der Waals surface area contributed by atoms with Crippen molar-refractivity contribution in [2.75, 3.05) is 5.06 Å². The average Bonchev–Trinajstić information content (AvgIpc) is 2.51. The highest BCUT2D eigenvalue weighted by atomic mass is 16.7. The third-order valence-electron chi connectivity index (χ3n) is 3.47. The highest BCUT2D eigenvalue weighted by Crippen LogP contribution is 2.33. The van der Waals surface area contributed by atoms with E-state index in [2.05, 4.69) is 0 Å². The molecule has 0 bridgehead atoms. The Labute approximate surface area is 127 Å². The Balaban J connectivity index is 2.35. The molecule has 0 saturated heterocycles. The number of carbonyl (C=O) groups is 2. The number of carbonyl (C=O) groups excluding carboxylic acids is 2. The van der Waals surface area contributed by atoms with Gasteiger partial charge in [-0.1, -0.05) is 48.5 Å². The fourth-order valence-electron chi connectivity index (χ4n) is 2.62. The number of hydrogen-bond acceptors (Lipinski definition) is 3. The Hall–Kier alpha value is -2.88. The predicted molar refractivity (Wildman–Crippen MR) is 86.4 cm³/mol. The minimum Gasteiger partial charge on any atom is -0.333 e. The SMILES string of the molecule is CC(=O)ON(C(C)=O)c1cccc2ccc3ccccc3c12. The summed E-state index contributed by atoms with van der Waals surface area (Å²) in [4.78, 5) is 28.3. The number of anilines is 1. The normalized spacial score (nSPS) is 10.6. The maximum atomic E-state index is 11.9. The van der Waals surface area contributed by atoms with Gasteiger partial charge in [0.2, 0.25) is 0 Å². The van der Waals surface area contributed by atoms with Crippen LogP contribution in [0.15, 0.2) is 54.6 Å². The lowest BCUT2D eigenvalue weighted by atomic mass is 10.0. The minimum absolute atomic E-state index is 0.351. The van der Waals surface area contributed by atoms with Crippen LogP contribution in [0.5, 0.6) is 0 Å². The summed E-state index contributed by atoms with van der Waals surface area (Å²) in [6, 6.07) is 17.5. The summed E-state index contributed by atoms with van der Waals surface area (Å²) >= 11 is 0. The number of amides is 1. The molecule has 4 nitrogen and oxygen atoms in total. The average molecular weight is 293 g/mol. The Morgan fingerprint density at radius 2 is 1.55 bits per heavy atom. The smallest absolute Gasteiger partial charge is 0.330 e. The lowest BCUT2D eigenvalue weighted by Crippen LogP contribution is -2.30. The summed E-state index contributed by atoms with van der Waals surface area (Å²) in [5, 5.41) is 4.99. The van der Waals surface area contributed by atoms with Gasteiger partial charge in [-0.25, -0.2) is 4.79 Å². The molecular formula is C18H15NO3. The zero-order chi connectivity index (χ0) is 15.7. The van der Waals surface area contributed by atoms with Crippen molar-refractivity contribution >= 4 is 39.1 Å². The van der Waals surface area contributed by atoms with E-state index in [-0.39, 0.29) is 5.91 Å². The molecule has 0 spiro atoms. The van der Waals surface area contributed by atoms with Crippen molar-refractivity contribution in [2.24, 2.45) is 0 Å². The maximum absolute atomic E-state index is 11.9. The van der Waals surface area contributed by atoms with E-state index in [9.17, 15) is 9.59 Å². The van der Waals surface area contributed by atoms with Gasteiger partial charge >= 0.3 is 5.97 Å². The minimum atomic E-state index is -0.535. The van der Waals surface area contributed by atoms with E-state index >= 15 is 0 Å². The van der Waals surface area contributed by atoms with Crippen molar-refractivity contribution in [2.45, 2.75) is 13.8 Å². The summed E-state index contributed by atoms with van der Waals surface area (Å²) in [7, 11) is 0. The van der Waals surface area contributed by atoms with Gasteiger partial charge in [0.1, 0.15) is 0 Å². The lowest BCUT2D eigenvalue weighted by Gasteiger charge is -2.21. The summed E-state index contributed by atoms with van der Waals surface area (Å²) in [6.45, 7) is 2.64. The van der Waals surface area contributed by atoms with Crippen molar-refractivity contribution in [1.82, 2.24) is 0 Å². The van der Waals surface area contributed by atoms with Crippen molar-refractivity contribution in [3.8, 4) is 0 Å². The highest BCUT2D eigenvalue weighted by Gasteiger charge is 2.19. The fourth-order valence-corrected chi connectivity index (χ4v) is 2.62. The van der Waals surface area contributed by atoms with Gasteiger partial charge in [0.25, 0.3) is 5.91 Å². The lowest BCUT2D eigenvalue weighted by molar-refractivity contribution is -0.147. The Morgan fingerprint density at radius 3 is 2.27 bits per heavy atom. The predicted octanol–water partition coefficient (Wildman–Crippen LogP) is 3.82. The molecule has 0 aliphatic rings. The van der Waals surface area contributed by atoms with E-state index in [0.717, 1.165) is 26.6 Å². The molecule has 22 heavy (non-hydrogen) atoms. The van der Waals surface area contributed by atoms with Crippen LogP contribution >= 0.6 is 0 Å². The van der Waals surface area contributed by atoms with E-state index in [0.29, 0.717) is 5.69 Å². The van der Waals surface area contributed by atoms with Crippen LogP contribution in [0.4, 0.5) is 5.69 Å². The molecule has 0 saturated carbocycles. The zero-order valence-electron chi connectivity index (χ0n) is 12.4. The highest BCUT2D eigenvalue weighted by molar-refractivity contribution is 6.15. The first kappa shape index (κ1) is 14.1. The van der Waals surface area contributed by atoms with Gasteiger partial charge in [0, 0.05) is 19.2 Å². The van der Waals surface area contributed by atoms with Crippen molar-refractivity contribution in [3.63, 3.8) is 0 Å². The molecule has 0 fully saturated rings. The molecule has 1 amide bonds. The Morgan fingerprint density at radius 1 is 0.864 bits per heavy atom. The molecule has 0 heterocycles. The first-order valence-electron chi connectivity index (χ1n) is 6.97. The van der Waals surface area contributed by atoms with Gasteiger partial charge in [0.15, 0.2) is 0 Å². The van der Waals surface area contributed by atoms with Crippen LogP contribution in [-0.2, 0) is 14.4 Å². The van der Waals surface area contributed by atoms with Gasteiger partial charge in [-0.2, -0.15) is 0 Å². The van der Waals surface area contributed by atoms with Crippen LogP contribution in [0.25, 0.3) is 21.5 Å². The molecule has 0 aliphatic heterocycles. The number of nitrogens with zero attached hydrogens (tertiary/aromatic N) is 1. The van der Waals surface area contributed by atoms with E-state index in [1.807, 2.05) is 48.5 Å². The third kappa shape index (κ3) is 2.39. The largest absolute Gasteiger partial charge is 0.333 e. The quantitative estimate of drug-likeness (QED) is 0.506. The number of fused-ring (bicyclic) bond motifs is 3. The molecule has 3 aromatic carbocycles. The second kappa shape index (κ2) is 5.48. The first-order valence-corrected chi connectivity index (χ1v) is 6.97. The number of rotatable bonds is 1. The standard InChI is InChI=1S/C18H15NO3/c1-12(20)19(22-13(2)21)17-9-5-7-15-11-10-14-6-3-4-8-16(14)18(15)17/h3-11H,1-2H3. The Bertz CT molecular complexity index is 886. The maximum Gasteiger partial charge on any atom is 0.330 e. The Kier molecular flexibility index (Phi) is 3.51. The van der Waals surface area contributed by atoms with E-state index in [1.165, 1.54) is 13.8 Å². The molecule has 0 unspecified atom stereocenters. The molecular weight excluding hydrogens is 278 g/mol. The number of hydrogen-bond donors (Lipinski definition) is 0. The molecule has 3 aromatic rings. The molecule has 0 aromatic heterocycles. The van der Waals surface area contributed by atoms with Crippen LogP contribution in [0.2, 0.25) is 0 Å². The third-order valence-corrected chi connectivity index (χ3v) is 3.47. The van der Waals surface area contributed by atoms with Crippen molar-refractivity contribution in [1.29, 1.82) is 0 Å². The zero-order valence-corrected chi connectivity index (χ0v) is 12.4. The summed E-state index contributed by atoms with van der Waals surface area (Å²) in [5.41, 5.74) is 0.567. The van der Waals surface area contributed by atoms with Gasteiger partial charge < -0.3 is 4.84 Å². The molecule has 0 radical (unpaired) electrons. The molecule has 0 aliphatic carbocycles. The molecule has 3 rings (SSSR count).